The van der Waals surface area contributed by atoms with Gasteiger partial charge < -0.3 is 4.90 Å². The molecule has 1 nitrogen and oxygen atoms in total. The fraction of sp³-hybridized carbons (Fsp3) is 0.571. The van der Waals surface area contributed by atoms with Crippen molar-refractivity contribution < 1.29 is 4.90 Å². The number of para-hydroxylation sites is 1. The van der Waals surface area contributed by atoms with Crippen molar-refractivity contribution in [3.05, 3.63) is 150 Å². The van der Waals surface area contributed by atoms with Crippen molar-refractivity contribution in [2.75, 3.05) is 13.1 Å². The molecule has 2 heteroatoms. The van der Waals surface area contributed by atoms with Crippen molar-refractivity contribution in [2.45, 2.75) is 247 Å². The Bertz CT molecular complexity index is 1770. The van der Waals surface area contributed by atoms with Crippen LogP contribution in [0.2, 0.25) is 0 Å². The first-order chi connectivity index (χ1) is 35.4. The van der Waals surface area contributed by atoms with Crippen molar-refractivity contribution >= 4 is 33.7 Å². The van der Waals surface area contributed by atoms with E-state index in [9.17, 15) is 0 Å². The third-order valence-corrected chi connectivity index (χ3v) is 16.2. The van der Waals surface area contributed by atoms with Crippen molar-refractivity contribution in [2.24, 2.45) is 0 Å². The number of quaternary nitrogens is 1. The van der Waals surface area contributed by atoms with Gasteiger partial charge in [-0.3, -0.25) is 0 Å². The quantitative estimate of drug-likeness (QED) is 0.0296. The molecule has 5 aromatic carbocycles. The third kappa shape index (κ3) is 24.0. The number of aryl methyl sites for hydroxylation is 4. The van der Waals surface area contributed by atoms with Crippen molar-refractivity contribution in [1.29, 1.82) is 0 Å². The van der Waals surface area contributed by atoms with Crippen LogP contribution in [0, 0.1) is 27.7 Å². The number of hydrogen-bond donors (Lipinski definition) is 1. The molecule has 0 amide bonds. The maximum atomic E-state index is 2.36. The highest BCUT2D eigenvalue weighted by molar-refractivity contribution is 7.19. The maximum absolute atomic E-state index is 2.36. The molecule has 1 N–H and O–H groups in total. The average molecular weight is 974 g/mol. The van der Waals surface area contributed by atoms with Gasteiger partial charge in [0, 0.05) is 0 Å². The van der Waals surface area contributed by atoms with Crippen molar-refractivity contribution in [1.82, 2.24) is 0 Å². The SMILES string of the molecule is CCCCCCCCCCCCCCCCCC[NH+](CCCCCCCCCCCCCCCCCC)c1ccccc1.Cc1ccc([B-](c2ccc(C)cc2)(c2ccc(C)cc2)c2ccc(C)cc2)cc1. The minimum absolute atomic E-state index is 1.27. The van der Waals surface area contributed by atoms with Gasteiger partial charge in [0.15, 0.2) is 0 Å². The van der Waals surface area contributed by atoms with Gasteiger partial charge in [0.25, 0.3) is 0 Å². The summed E-state index contributed by atoms with van der Waals surface area (Å²) in [7, 11) is 0. The number of nitrogens with one attached hydrogen (secondary N) is 1. The average Bonchev–Trinajstić information content (AvgIpc) is 3.40. The minimum atomic E-state index is -1.27. The van der Waals surface area contributed by atoms with Gasteiger partial charge in [-0.2, -0.15) is 21.9 Å². The fourth-order valence-corrected chi connectivity index (χ4v) is 11.4. The monoisotopic (exact) mass is 974 g/mol. The largest absolute Gasteiger partial charge is 0.302 e. The zero-order chi connectivity index (χ0) is 51.2. The lowest BCUT2D eigenvalue weighted by Crippen LogP contribution is -3.07. The first-order valence-corrected chi connectivity index (χ1v) is 30.7. The highest BCUT2D eigenvalue weighted by atomic mass is 15.1. The molecule has 0 fully saturated rings. The molecule has 0 radical (unpaired) electrons. The molecular weight excluding hydrogens is 866 g/mol. The van der Waals surface area contributed by atoms with Gasteiger partial charge in [-0.15, -0.1) is 0 Å². The Morgan fingerprint density at radius 1 is 0.250 bits per heavy atom. The lowest BCUT2D eigenvalue weighted by atomic mass is 9.13. The molecule has 0 saturated carbocycles. The van der Waals surface area contributed by atoms with Crippen LogP contribution >= 0.6 is 0 Å². The second kappa shape index (κ2) is 38.7. The molecule has 396 valence electrons. The molecule has 0 aliphatic carbocycles. The van der Waals surface area contributed by atoms with Crippen molar-refractivity contribution in [3.8, 4) is 0 Å². The van der Waals surface area contributed by atoms with Crippen LogP contribution in [-0.2, 0) is 0 Å². The number of rotatable bonds is 39. The highest BCUT2D eigenvalue weighted by Crippen LogP contribution is 2.17. The molecule has 0 unspecified atom stereocenters. The lowest BCUT2D eigenvalue weighted by Gasteiger charge is -2.44. The van der Waals surface area contributed by atoms with Crippen LogP contribution < -0.4 is 26.8 Å². The summed E-state index contributed by atoms with van der Waals surface area (Å²) in [5, 5.41) is 0. The summed E-state index contributed by atoms with van der Waals surface area (Å²) < 4.78 is 0. The first kappa shape index (κ1) is 60.7. The molecule has 0 aliphatic heterocycles. The Morgan fingerprint density at radius 2 is 0.458 bits per heavy atom. The molecule has 0 heterocycles. The van der Waals surface area contributed by atoms with Crippen LogP contribution in [0.15, 0.2) is 127 Å². The Labute approximate surface area is 446 Å². The zero-order valence-electron chi connectivity index (χ0n) is 47.7. The Hall–Kier alpha value is -3.88. The van der Waals surface area contributed by atoms with E-state index in [4.69, 9.17) is 0 Å². The Balaban J connectivity index is 0.000000334. The smallest absolute Gasteiger partial charge is 0.131 e. The van der Waals surface area contributed by atoms with Crippen LogP contribution in [0.4, 0.5) is 5.69 Å². The molecule has 0 spiro atoms. The van der Waals surface area contributed by atoms with Crippen LogP contribution in [0.3, 0.4) is 0 Å². The minimum Gasteiger partial charge on any atom is -0.302 e. The summed E-state index contributed by atoms with van der Waals surface area (Å²) >= 11 is 0. The van der Waals surface area contributed by atoms with Crippen molar-refractivity contribution in [3.63, 3.8) is 0 Å². The molecule has 0 aliphatic rings. The molecule has 0 aromatic heterocycles. The van der Waals surface area contributed by atoms with E-state index in [-0.39, 0.29) is 0 Å². The molecule has 72 heavy (non-hydrogen) atoms. The molecular formula is C70H108BN. The second-order valence-electron chi connectivity index (χ2n) is 22.6. The van der Waals surface area contributed by atoms with Gasteiger partial charge in [0.1, 0.15) is 11.8 Å². The van der Waals surface area contributed by atoms with E-state index in [1.165, 1.54) is 268 Å². The van der Waals surface area contributed by atoms with E-state index in [1.54, 1.807) is 4.90 Å². The standard InChI is InChI=1S/C42H79N.C28H28B/c1-3-5-7-9-11-13-15-17-19-21-23-25-27-29-31-36-40-43(42-38-34-33-35-39-42)41-37-32-30-28-26-24-22-20-18-16-14-12-10-8-6-4-2;1-21-5-13-25(14-6-21)29(26-15-7-22(2)8-16-26,27-17-9-23(3)10-18-27)28-19-11-24(4)12-20-28/h33-35,38-39H,3-32,36-37,40-41H2,1-2H3;5-20H,1-4H3/q;-1/p+1. The molecule has 0 bridgehead atoms. The Kier molecular flexibility index (Phi) is 32.6. The molecule has 0 atom stereocenters. The highest BCUT2D eigenvalue weighted by Gasteiger charge is 2.31. The van der Waals surface area contributed by atoms with Gasteiger partial charge in [-0.25, -0.2) is 0 Å². The van der Waals surface area contributed by atoms with Gasteiger partial charge in [-0.05, 0) is 65.5 Å². The number of unbranched alkanes of at least 4 members (excludes halogenated alkanes) is 30. The van der Waals surface area contributed by atoms with E-state index in [0.717, 1.165) is 0 Å². The Morgan fingerprint density at radius 3 is 0.681 bits per heavy atom. The van der Waals surface area contributed by atoms with E-state index in [1.807, 2.05) is 0 Å². The van der Waals surface area contributed by atoms with Crippen LogP contribution in [0.25, 0.3) is 0 Å². The predicted octanol–water partition coefficient (Wildman–Crippen LogP) is 18.0. The summed E-state index contributed by atoms with van der Waals surface area (Å²) in [6.45, 7) is 15.9. The molecule has 0 saturated heterocycles. The number of benzene rings is 5. The van der Waals surface area contributed by atoms with E-state index in [2.05, 4.69) is 169 Å². The lowest BCUT2D eigenvalue weighted by molar-refractivity contribution is -0.833. The van der Waals surface area contributed by atoms with Gasteiger partial charge in [0.05, 0.1) is 13.1 Å². The van der Waals surface area contributed by atoms with Gasteiger partial charge in [-0.1, -0.05) is 331 Å². The topological polar surface area (TPSA) is 4.44 Å². The fourth-order valence-electron chi connectivity index (χ4n) is 11.4. The summed E-state index contributed by atoms with van der Waals surface area (Å²) in [4.78, 5) is 1.73. The maximum Gasteiger partial charge on any atom is 0.131 e. The van der Waals surface area contributed by atoms with Gasteiger partial charge in [0.2, 0.25) is 0 Å². The summed E-state index contributed by atoms with van der Waals surface area (Å²) in [6, 6.07) is 47.8. The van der Waals surface area contributed by atoms with Gasteiger partial charge >= 0.3 is 0 Å². The van der Waals surface area contributed by atoms with Crippen LogP contribution in [0.1, 0.15) is 242 Å². The molecule has 5 rings (SSSR count). The van der Waals surface area contributed by atoms with E-state index < -0.39 is 6.15 Å². The summed E-state index contributed by atoms with van der Waals surface area (Å²) in [5.74, 6) is 0. The van der Waals surface area contributed by atoms with E-state index in [0.29, 0.717) is 0 Å². The molecule has 5 aromatic rings. The predicted molar refractivity (Wildman–Crippen MR) is 325 cm³/mol. The second-order valence-corrected chi connectivity index (χ2v) is 22.6. The zero-order valence-corrected chi connectivity index (χ0v) is 47.7. The first-order valence-electron chi connectivity index (χ1n) is 30.7. The normalized spacial score (nSPS) is 11.5. The summed E-state index contributed by atoms with van der Waals surface area (Å²) in [6.07, 6.45) is 45.2. The third-order valence-electron chi connectivity index (χ3n) is 16.2. The van der Waals surface area contributed by atoms with Crippen LogP contribution in [-0.4, -0.2) is 19.2 Å². The van der Waals surface area contributed by atoms with E-state index >= 15 is 0 Å². The van der Waals surface area contributed by atoms with Crippen LogP contribution in [0.5, 0.6) is 0 Å². The number of hydrogen-bond acceptors (Lipinski definition) is 0. The summed E-state index contributed by atoms with van der Waals surface area (Å²) in [5.41, 5.74) is 12.1.